The van der Waals surface area contributed by atoms with Crippen molar-refractivity contribution < 1.29 is 24.6 Å². The third-order valence-corrected chi connectivity index (χ3v) is 1.68. The summed E-state index contributed by atoms with van der Waals surface area (Å²) >= 11 is 0. The Kier molecular flexibility index (Phi) is 2.46. The van der Waals surface area contributed by atoms with Crippen LogP contribution in [-0.4, -0.2) is 32.5 Å². The molecule has 1 aromatic rings. The number of aliphatic carboxylic acids is 2. The quantitative estimate of drug-likeness (QED) is 0.658. The Balaban J connectivity index is 2.91. The first-order valence-corrected chi connectivity index (χ1v) is 3.76. The van der Waals surface area contributed by atoms with Gasteiger partial charge in [0.15, 0.2) is 0 Å². The van der Waals surface area contributed by atoms with Crippen molar-refractivity contribution in [1.82, 2.24) is 4.73 Å². The summed E-state index contributed by atoms with van der Waals surface area (Å²) in [6, 6.07) is 3.17. The molecule has 0 radical (unpaired) electrons. The second kappa shape index (κ2) is 3.41. The molecule has 0 aliphatic rings. The van der Waals surface area contributed by atoms with Gasteiger partial charge in [-0.15, -0.1) is 0 Å². The molecule has 76 valence electrons. The van der Waals surface area contributed by atoms with E-state index in [0.717, 1.165) is 11.7 Å². The molecular weight excluding hydrogens is 190 g/mol. The monoisotopic (exact) mass is 199 g/mol. The molecule has 0 unspecified atom stereocenters. The molecule has 0 saturated heterocycles. The summed E-state index contributed by atoms with van der Waals surface area (Å²) in [5.74, 6) is -3.11. The normalized spacial score (nSPS) is 10.9. The molecule has 0 aromatic carbocycles. The minimum absolute atomic E-state index is 0.970. The molecule has 6 nitrogen and oxygen atoms in total. The number of carboxylic acid groups (broad SMARTS) is 2. The fraction of sp³-hybridized carbons (Fsp3) is 0.250. The molecule has 14 heavy (non-hydrogen) atoms. The van der Waals surface area contributed by atoms with Crippen molar-refractivity contribution in [2.45, 2.75) is 12.5 Å². The van der Waals surface area contributed by atoms with Crippen molar-refractivity contribution in [2.75, 3.05) is 0 Å². The first-order valence-electron chi connectivity index (χ1n) is 3.76. The van der Waals surface area contributed by atoms with E-state index in [9.17, 15) is 9.59 Å². The van der Waals surface area contributed by atoms with Gasteiger partial charge in [0.05, 0.1) is 0 Å². The standard InChI is InChI=1S/C8H9NO5/c1-8(6(10)11,7(12)13)14-9-4-2-3-5-9/h2-5H,1H3,(H,10,11)(H,12,13). The minimum atomic E-state index is -2.28. The van der Waals surface area contributed by atoms with Crippen LogP contribution < -0.4 is 4.84 Å². The smallest absolute Gasteiger partial charge is 0.362 e. The molecule has 1 rings (SSSR count). The summed E-state index contributed by atoms with van der Waals surface area (Å²) in [5, 5.41) is 17.4. The van der Waals surface area contributed by atoms with Crippen molar-refractivity contribution in [3.63, 3.8) is 0 Å². The van der Waals surface area contributed by atoms with Gasteiger partial charge in [-0.3, -0.25) is 0 Å². The Bertz CT molecular complexity index is 329. The average molecular weight is 199 g/mol. The van der Waals surface area contributed by atoms with Crippen LogP contribution in [0.2, 0.25) is 0 Å². The summed E-state index contributed by atoms with van der Waals surface area (Å²) in [5.41, 5.74) is -2.28. The summed E-state index contributed by atoms with van der Waals surface area (Å²) in [4.78, 5) is 26.1. The summed E-state index contributed by atoms with van der Waals surface area (Å²) in [7, 11) is 0. The van der Waals surface area contributed by atoms with E-state index in [0.29, 0.717) is 0 Å². The summed E-state index contributed by atoms with van der Waals surface area (Å²) in [6.07, 6.45) is 2.81. The van der Waals surface area contributed by atoms with Gasteiger partial charge in [-0.05, 0) is 12.1 Å². The third kappa shape index (κ3) is 1.68. The summed E-state index contributed by atoms with van der Waals surface area (Å²) in [6.45, 7) is 0.970. The van der Waals surface area contributed by atoms with Gasteiger partial charge in [-0.1, -0.05) is 0 Å². The van der Waals surface area contributed by atoms with E-state index in [4.69, 9.17) is 15.1 Å². The van der Waals surface area contributed by atoms with Crippen LogP contribution in [0.3, 0.4) is 0 Å². The maximum Gasteiger partial charge on any atom is 0.362 e. The second-order valence-corrected chi connectivity index (χ2v) is 2.78. The highest BCUT2D eigenvalue weighted by molar-refractivity contribution is 6.01. The average Bonchev–Trinajstić information content (AvgIpc) is 2.55. The van der Waals surface area contributed by atoms with Gasteiger partial charge in [0.1, 0.15) is 0 Å². The predicted molar refractivity (Wildman–Crippen MR) is 44.7 cm³/mol. The molecule has 2 N–H and O–H groups in total. The van der Waals surface area contributed by atoms with E-state index >= 15 is 0 Å². The number of carboxylic acids is 2. The SMILES string of the molecule is CC(On1cccc1)(C(=O)O)C(=O)O. The Morgan fingerprint density at radius 1 is 1.21 bits per heavy atom. The molecule has 0 aliphatic heterocycles. The van der Waals surface area contributed by atoms with Gasteiger partial charge >= 0.3 is 17.5 Å². The minimum Gasteiger partial charge on any atom is -0.478 e. The molecule has 0 atom stereocenters. The van der Waals surface area contributed by atoms with E-state index in [1.54, 1.807) is 12.1 Å². The van der Waals surface area contributed by atoms with Crippen molar-refractivity contribution in [3.05, 3.63) is 24.5 Å². The maximum atomic E-state index is 10.7. The predicted octanol–water partition coefficient (Wildman–Crippen LogP) is -0.155. The van der Waals surface area contributed by atoms with E-state index in [1.165, 1.54) is 12.4 Å². The van der Waals surface area contributed by atoms with Crippen LogP contribution in [0.4, 0.5) is 0 Å². The molecule has 0 fully saturated rings. The van der Waals surface area contributed by atoms with Gasteiger partial charge in [-0.25, -0.2) is 9.59 Å². The van der Waals surface area contributed by atoms with Crippen LogP contribution in [0, 0.1) is 0 Å². The van der Waals surface area contributed by atoms with Crippen molar-refractivity contribution in [1.29, 1.82) is 0 Å². The number of nitrogens with zero attached hydrogens (tertiary/aromatic N) is 1. The van der Waals surface area contributed by atoms with Gasteiger partial charge in [0, 0.05) is 19.3 Å². The lowest BCUT2D eigenvalue weighted by molar-refractivity contribution is -0.181. The Morgan fingerprint density at radius 2 is 1.64 bits per heavy atom. The molecule has 1 aromatic heterocycles. The summed E-state index contributed by atoms with van der Waals surface area (Å²) < 4.78 is 1.03. The Labute approximate surface area is 79.3 Å². The van der Waals surface area contributed by atoms with Crippen molar-refractivity contribution in [2.24, 2.45) is 0 Å². The molecule has 0 amide bonds. The first-order chi connectivity index (χ1) is 6.47. The van der Waals surface area contributed by atoms with E-state index in [-0.39, 0.29) is 0 Å². The fourth-order valence-corrected chi connectivity index (χ4v) is 0.760. The zero-order valence-corrected chi connectivity index (χ0v) is 7.38. The highest BCUT2D eigenvalue weighted by Gasteiger charge is 2.45. The van der Waals surface area contributed by atoms with E-state index in [1.807, 2.05) is 0 Å². The lowest BCUT2D eigenvalue weighted by atomic mass is 10.1. The highest BCUT2D eigenvalue weighted by atomic mass is 16.7. The molecule has 1 heterocycles. The Morgan fingerprint density at radius 3 is 2.00 bits per heavy atom. The van der Waals surface area contributed by atoms with E-state index in [2.05, 4.69) is 0 Å². The van der Waals surface area contributed by atoms with Crippen LogP contribution in [0.5, 0.6) is 0 Å². The second-order valence-electron chi connectivity index (χ2n) is 2.78. The van der Waals surface area contributed by atoms with Gasteiger partial charge in [-0.2, -0.15) is 4.73 Å². The van der Waals surface area contributed by atoms with Crippen LogP contribution in [0.1, 0.15) is 6.92 Å². The zero-order chi connectivity index (χ0) is 10.8. The topological polar surface area (TPSA) is 88.8 Å². The molecular formula is C8H9NO5. The number of carbonyl (C=O) groups is 2. The number of rotatable bonds is 4. The van der Waals surface area contributed by atoms with Gasteiger partial charge in [0.2, 0.25) is 0 Å². The van der Waals surface area contributed by atoms with Crippen LogP contribution in [0.25, 0.3) is 0 Å². The van der Waals surface area contributed by atoms with Crippen LogP contribution in [-0.2, 0) is 9.59 Å². The lowest BCUT2D eigenvalue weighted by Gasteiger charge is -2.21. The van der Waals surface area contributed by atoms with Gasteiger partial charge in [0.25, 0.3) is 0 Å². The van der Waals surface area contributed by atoms with Crippen molar-refractivity contribution in [3.8, 4) is 0 Å². The zero-order valence-electron chi connectivity index (χ0n) is 7.38. The number of aromatic nitrogens is 1. The molecule has 0 saturated carbocycles. The largest absolute Gasteiger partial charge is 0.478 e. The highest BCUT2D eigenvalue weighted by Crippen LogP contribution is 2.07. The first kappa shape index (κ1) is 10.1. The van der Waals surface area contributed by atoms with Crippen LogP contribution in [0.15, 0.2) is 24.5 Å². The van der Waals surface area contributed by atoms with Crippen molar-refractivity contribution >= 4 is 11.9 Å². The third-order valence-electron chi connectivity index (χ3n) is 1.68. The molecule has 0 spiro atoms. The number of hydrogen-bond acceptors (Lipinski definition) is 3. The molecule has 0 aliphatic carbocycles. The van der Waals surface area contributed by atoms with Gasteiger partial charge < -0.3 is 15.1 Å². The van der Waals surface area contributed by atoms with E-state index < -0.39 is 17.5 Å². The molecule has 0 bridgehead atoms. The molecule has 6 heteroatoms. The fourth-order valence-electron chi connectivity index (χ4n) is 0.760. The lowest BCUT2D eigenvalue weighted by Crippen LogP contribution is -2.52. The Hall–Kier alpha value is -1.98. The number of hydrogen-bond donors (Lipinski definition) is 2. The maximum absolute atomic E-state index is 10.7. The van der Waals surface area contributed by atoms with Crippen LogP contribution >= 0.6 is 0 Å².